The zero-order valence-electron chi connectivity index (χ0n) is 13.6. The van der Waals surface area contributed by atoms with Gasteiger partial charge in [0.05, 0.1) is 10.6 Å². The number of piperidine rings is 1. The molecular formula is C17H19Cl2N3O3. The van der Waals surface area contributed by atoms with E-state index >= 15 is 0 Å². The van der Waals surface area contributed by atoms with Gasteiger partial charge in [0, 0.05) is 29.9 Å². The first kappa shape index (κ1) is 18.0. The Bertz CT molecular complexity index is 698. The number of hydrazine groups is 1. The number of hydrogen-bond donors (Lipinski definition) is 2. The topological polar surface area (TPSA) is 78.5 Å². The predicted molar refractivity (Wildman–Crippen MR) is 94.1 cm³/mol. The van der Waals surface area contributed by atoms with Crippen LogP contribution in [0.25, 0.3) is 0 Å². The van der Waals surface area contributed by atoms with Crippen molar-refractivity contribution in [2.75, 3.05) is 13.1 Å². The molecule has 3 amide bonds. The lowest BCUT2D eigenvalue weighted by Crippen LogP contribution is -2.48. The smallest absolute Gasteiger partial charge is 0.271 e. The van der Waals surface area contributed by atoms with Crippen LogP contribution in [0.4, 0.5) is 0 Å². The zero-order chi connectivity index (χ0) is 18.0. The van der Waals surface area contributed by atoms with Crippen molar-refractivity contribution in [3.05, 3.63) is 33.8 Å². The number of halogens is 2. The average molecular weight is 384 g/mol. The maximum atomic E-state index is 12.2. The molecule has 8 heteroatoms. The fourth-order valence-corrected chi connectivity index (χ4v) is 3.29. The summed E-state index contributed by atoms with van der Waals surface area (Å²) in [7, 11) is 0. The first-order valence-corrected chi connectivity index (χ1v) is 9.05. The Balaban J connectivity index is 1.47. The summed E-state index contributed by atoms with van der Waals surface area (Å²) in [5.41, 5.74) is 4.99. The van der Waals surface area contributed by atoms with Crippen LogP contribution in [-0.2, 0) is 9.59 Å². The number of nitrogens with zero attached hydrogens (tertiary/aromatic N) is 1. The molecule has 1 aliphatic heterocycles. The largest absolute Gasteiger partial charge is 0.342 e. The molecule has 2 N–H and O–H groups in total. The predicted octanol–water partition coefficient (Wildman–Crippen LogP) is 2.40. The summed E-state index contributed by atoms with van der Waals surface area (Å²) < 4.78 is 0. The third-order valence-corrected chi connectivity index (χ3v) is 5.14. The summed E-state index contributed by atoms with van der Waals surface area (Å²) in [6, 6.07) is 4.54. The molecule has 1 aromatic carbocycles. The number of rotatable bonds is 3. The van der Waals surface area contributed by atoms with Crippen molar-refractivity contribution >= 4 is 40.9 Å². The lowest BCUT2D eigenvalue weighted by atomic mass is 9.96. The van der Waals surface area contributed by atoms with E-state index in [1.165, 1.54) is 12.1 Å². The van der Waals surface area contributed by atoms with E-state index in [2.05, 4.69) is 10.9 Å². The van der Waals surface area contributed by atoms with Gasteiger partial charge in [0.1, 0.15) is 0 Å². The highest BCUT2D eigenvalue weighted by Crippen LogP contribution is 2.32. The van der Waals surface area contributed by atoms with Crippen molar-refractivity contribution in [3.63, 3.8) is 0 Å². The van der Waals surface area contributed by atoms with Crippen molar-refractivity contribution in [1.29, 1.82) is 0 Å². The van der Waals surface area contributed by atoms with Gasteiger partial charge < -0.3 is 4.90 Å². The van der Waals surface area contributed by atoms with E-state index in [-0.39, 0.29) is 34.2 Å². The summed E-state index contributed by atoms with van der Waals surface area (Å²) in [6.45, 7) is 1.17. The van der Waals surface area contributed by atoms with Crippen LogP contribution in [0, 0.1) is 11.8 Å². The molecule has 2 aliphatic rings. The van der Waals surface area contributed by atoms with Gasteiger partial charge in [-0.25, -0.2) is 0 Å². The normalized spacial score (nSPS) is 17.9. The number of carbonyl (C=O) groups excluding carboxylic acids is 3. The Morgan fingerprint density at radius 2 is 1.64 bits per heavy atom. The summed E-state index contributed by atoms with van der Waals surface area (Å²) in [5, 5.41) is 0.636. The monoisotopic (exact) mass is 383 g/mol. The SMILES string of the molecule is O=C(NNC(=O)C1CCN(C(=O)C2CC2)CC1)c1cc(Cl)ccc1Cl. The lowest BCUT2D eigenvalue weighted by Gasteiger charge is -2.31. The van der Waals surface area contributed by atoms with Gasteiger partial charge in [-0.1, -0.05) is 23.2 Å². The van der Waals surface area contributed by atoms with Crippen LogP contribution in [0.1, 0.15) is 36.0 Å². The van der Waals surface area contributed by atoms with E-state index in [4.69, 9.17) is 23.2 Å². The number of likely N-dealkylation sites (tertiary alicyclic amines) is 1. The molecule has 134 valence electrons. The Kier molecular flexibility index (Phi) is 5.49. The molecule has 3 rings (SSSR count). The first-order valence-electron chi connectivity index (χ1n) is 8.29. The fourth-order valence-electron chi connectivity index (χ4n) is 2.91. The molecule has 0 atom stereocenters. The number of hydrogen-bond acceptors (Lipinski definition) is 3. The third kappa shape index (κ3) is 4.44. The third-order valence-electron chi connectivity index (χ3n) is 4.58. The molecule has 0 aromatic heterocycles. The van der Waals surface area contributed by atoms with Gasteiger partial charge in [0.25, 0.3) is 5.91 Å². The van der Waals surface area contributed by atoms with Gasteiger partial charge in [-0.05, 0) is 43.9 Å². The molecule has 2 fully saturated rings. The number of nitrogens with one attached hydrogen (secondary N) is 2. The maximum Gasteiger partial charge on any atom is 0.271 e. The summed E-state index contributed by atoms with van der Waals surface area (Å²) in [5.74, 6) is -0.597. The van der Waals surface area contributed by atoms with Crippen LogP contribution < -0.4 is 10.9 Å². The van der Waals surface area contributed by atoms with Crippen LogP contribution in [0.5, 0.6) is 0 Å². The molecular weight excluding hydrogens is 365 g/mol. The van der Waals surface area contributed by atoms with Gasteiger partial charge in [0.15, 0.2) is 0 Å². The van der Waals surface area contributed by atoms with E-state index in [1.54, 1.807) is 6.07 Å². The Morgan fingerprint density at radius 3 is 2.28 bits per heavy atom. The fraction of sp³-hybridized carbons (Fsp3) is 0.471. The first-order chi connectivity index (χ1) is 12.0. The second kappa shape index (κ2) is 7.62. The highest BCUT2D eigenvalue weighted by molar-refractivity contribution is 6.35. The highest BCUT2D eigenvalue weighted by atomic mass is 35.5. The molecule has 0 spiro atoms. The second-order valence-corrected chi connectivity index (χ2v) is 7.29. The van der Waals surface area contributed by atoms with Crippen LogP contribution in [-0.4, -0.2) is 35.7 Å². The van der Waals surface area contributed by atoms with Crippen LogP contribution in [0.2, 0.25) is 10.0 Å². The van der Waals surface area contributed by atoms with Crippen molar-refractivity contribution < 1.29 is 14.4 Å². The Hall–Kier alpha value is -1.79. The van der Waals surface area contributed by atoms with Gasteiger partial charge in [-0.2, -0.15) is 0 Å². The van der Waals surface area contributed by atoms with E-state index in [0.717, 1.165) is 12.8 Å². The molecule has 0 bridgehead atoms. The molecule has 6 nitrogen and oxygen atoms in total. The van der Waals surface area contributed by atoms with Gasteiger partial charge in [-0.3, -0.25) is 25.2 Å². The summed E-state index contributed by atoms with van der Waals surface area (Å²) >= 11 is 11.8. The minimum absolute atomic E-state index is 0.194. The van der Waals surface area contributed by atoms with Crippen molar-refractivity contribution in [2.45, 2.75) is 25.7 Å². The van der Waals surface area contributed by atoms with Crippen LogP contribution in [0.3, 0.4) is 0 Å². The van der Waals surface area contributed by atoms with Crippen LogP contribution in [0.15, 0.2) is 18.2 Å². The molecule has 1 saturated carbocycles. The second-order valence-electron chi connectivity index (χ2n) is 6.44. The minimum Gasteiger partial charge on any atom is -0.342 e. The van der Waals surface area contributed by atoms with E-state index < -0.39 is 5.91 Å². The summed E-state index contributed by atoms with van der Waals surface area (Å²) in [4.78, 5) is 38.2. The molecule has 1 aromatic rings. The van der Waals surface area contributed by atoms with E-state index in [1.807, 2.05) is 4.90 Å². The number of benzene rings is 1. The molecule has 1 saturated heterocycles. The molecule has 0 unspecified atom stereocenters. The van der Waals surface area contributed by atoms with E-state index in [9.17, 15) is 14.4 Å². The standard InChI is InChI=1S/C17H19Cl2N3O3/c18-12-3-4-14(19)13(9-12)16(24)21-20-15(23)10-5-7-22(8-6-10)17(25)11-1-2-11/h3-4,9-11H,1-2,5-8H2,(H,20,23)(H,21,24). The zero-order valence-corrected chi connectivity index (χ0v) is 15.1. The van der Waals surface area contributed by atoms with Crippen molar-refractivity contribution in [3.8, 4) is 0 Å². The van der Waals surface area contributed by atoms with Crippen molar-refractivity contribution in [1.82, 2.24) is 15.8 Å². The molecule has 0 radical (unpaired) electrons. The average Bonchev–Trinajstić information content (AvgIpc) is 3.46. The maximum absolute atomic E-state index is 12.2. The molecule has 1 heterocycles. The lowest BCUT2D eigenvalue weighted by molar-refractivity contribution is -0.136. The minimum atomic E-state index is -0.526. The quantitative estimate of drug-likeness (QED) is 0.786. The van der Waals surface area contributed by atoms with E-state index in [0.29, 0.717) is 31.0 Å². The van der Waals surface area contributed by atoms with Crippen LogP contribution >= 0.6 is 23.2 Å². The summed E-state index contributed by atoms with van der Waals surface area (Å²) in [6.07, 6.45) is 3.16. The number of amides is 3. The Morgan fingerprint density at radius 1 is 0.960 bits per heavy atom. The molecule has 25 heavy (non-hydrogen) atoms. The van der Waals surface area contributed by atoms with Crippen molar-refractivity contribution in [2.24, 2.45) is 11.8 Å². The van der Waals surface area contributed by atoms with Gasteiger partial charge in [-0.15, -0.1) is 0 Å². The van der Waals surface area contributed by atoms with Gasteiger partial charge >= 0.3 is 0 Å². The molecule has 1 aliphatic carbocycles. The van der Waals surface area contributed by atoms with Gasteiger partial charge in [0.2, 0.25) is 11.8 Å². The highest BCUT2D eigenvalue weighted by Gasteiger charge is 2.36. The Labute approximate surface area is 155 Å². The number of carbonyl (C=O) groups is 3.